The number of hydrogen-bond donors (Lipinski definition) is 1. The fourth-order valence-corrected chi connectivity index (χ4v) is 2.53. The summed E-state index contributed by atoms with van der Waals surface area (Å²) in [6.07, 6.45) is 2.10. The second kappa shape index (κ2) is 4.31. The van der Waals surface area contributed by atoms with Crippen molar-refractivity contribution in [2.45, 2.75) is 31.9 Å². The van der Waals surface area contributed by atoms with Crippen LogP contribution >= 0.6 is 0 Å². The fraction of sp³-hybridized carbons (Fsp3) is 0.571. The molecule has 1 aromatic rings. The molecule has 0 aliphatic carbocycles. The maximum absolute atomic E-state index is 6.08. The van der Waals surface area contributed by atoms with Gasteiger partial charge < -0.3 is 14.8 Å². The third-order valence-electron chi connectivity index (χ3n) is 3.61. The van der Waals surface area contributed by atoms with Crippen molar-refractivity contribution in [3.8, 4) is 5.75 Å². The summed E-state index contributed by atoms with van der Waals surface area (Å²) in [6.45, 7) is 5.67. The lowest BCUT2D eigenvalue weighted by Gasteiger charge is -2.25. The molecule has 1 fully saturated rings. The van der Waals surface area contributed by atoms with Crippen molar-refractivity contribution in [3.63, 3.8) is 0 Å². The molecule has 3 heteroatoms. The lowest BCUT2D eigenvalue weighted by molar-refractivity contribution is 0.0663. The van der Waals surface area contributed by atoms with Crippen LogP contribution < -0.4 is 10.1 Å². The van der Waals surface area contributed by atoms with E-state index in [4.69, 9.17) is 9.47 Å². The Labute approximate surface area is 102 Å². The van der Waals surface area contributed by atoms with E-state index in [1.807, 2.05) is 0 Å². The molecule has 1 atom stereocenters. The first-order valence-electron chi connectivity index (χ1n) is 6.34. The summed E-state index contributed by atoms with van der Waals surface area (Å²) in [6, 6.07) is 6.46. The van der Waals surface area contributed by atoms with Gasteiger partial charge in [-0.05, 0) is 43.1 Å². The predicted octanol–water partition coefficient (Wildman–Crippen LogP) is 1.89. The molecule has 2 aliphatic heterocycles. The van der Waals surface area contributed by atoms with E-state index in [1.54, 1.807) is 0 Å². The average molecular weight is 233 g/mol. The van der Waals surface area contributed by atoms with Crippen molar-refractivity contribution in [2.24, 2.45) is 0 Å². The van der Waals surface area contributed by atoms with E-state index in [0.29, 0.717) is 6.61 Å². The Morgan fingerprint density at radius 3 is 3.12 bits per heavy atom. The van der Waals surface area contributed by atoms with Crippen LogP contribution in [-0.2, 0) is 17.7 Å². The van der Waals surface area contributed by atoms with Crippen LogP contribution in [0.2, 0.25) is 0 Å². The molecule has 1 N–H and O–H groups in total. The highest BCUT2D eigenvalue weighted by molar-refractivity contribution is 5.37. The van der Waals surface area contributed by atoms with Gasteiger partial charge in [-0.2, -0.15) is 0 Å². The van der Waals surface area contributed by atoms with Crippen molar-refractivity contribution >= 4 is 0 Å². The Morgan fingerprint density at radius 2 is 2.29 bits per heavy atom. The van der Waals surface area contributed by atoms with Crippen LogP contribution in [0, 0.1) is 0 Å². The van der Waals surface area contributed by atoms with Gasteiger partial charge in [0.05, 0.1) is 13.2 Å². The van der Waals surface area contributed by atoms with Gasteiger partial charge in [-0.25, -0.2) is 0 Å². The van der Waals surface area contributed by atoms with Crippen LogP contribution in [0.5, 0.6) is 5.75 Å². The molecule has 0 saturated carbocycles. The fourth-order valence-electron chi connectivity index (χ4n) is 2.53. The van der Waals surface area contributed by atoms with Crippen LogP contribution in [0.4, 0.5) is 0 Å². The van der Waals surface area contributed by atoms with Crippen LogP contribution in [0.1, 0.15) is 24.5 Å². The molecule has 92 valence electrons. The molecule has 17 heavy (non-hydrogen) atoms. The number of hydrogen-bond acceptors (Lipinski definition) is 3. The monoisotopic (exact) mass is 233 g/mol. The molecule has 1 unspecified atom stereocenters. The van der Waals surface area contributed by atoms with Gasteiger partial charge in [0.25, 0.3) is 0 Å². The average Bonchev–Trinajstić information content (AvgIpc) is 2.76. The van der Waals surface area contributed by atoms with Crippen molar-refractivity contribution in [2.75, 3.05) is 19.8 Å². The minimum Gasteiger partial charge on any atom is -0.485 e. The molecule has 3 rings (SSSR count). The summed E-state index contributed by atoms with van der Waals surface area (Å²) in [5.41, 5.74) is 2.68. The van der Waals surface area contributed by atoms with Gasteiger partial charge in [0, 0.05) is 13.0 Å². The summed E-state index contributed by atoms with van der Waals surface area (Å²) < 4.78 is 11.5. The molecule has 3 nitrogen and oxygen atoms in total. The Bertz CT molecular complexity index is 411. The number of rotatable bonds is 2. The van der Waals surface area contributed by atoms with Gasteiger partial charge in [-0.1, -0.05) is 6.07 Å². The summed E-state index contributed by atoms with van der Waals surface area (Å²) in [7, 11) is 0. The minimum atomic E-state index is -0.143. The van der Waals surface area contributed by atoms with Gasteiger partial charge in [0.2, 0.25) is 0 Å². The summed E-state index contributed by atoms with van der Waals surface area (Å²) in [5.74, 6) is 0.973. The van der Waals surface area contributed by atoms with Crippen molar-refractivity contribution in [1.29, 1.82) is 0 Å². The highest BCUT2D eigenvalue weighted by Gasteiger charge is 2.32. The summed E-state index contributed by atoms with van der Waals surface area (Å²) in [4.78, 5) is 0. The Hall–Kier alpha value is -1.06. The maximum atomic E-state index is 6.08. The molecular weight excluding hydrogens is 214 g/mol. The van der Waals surface area contributed by atoms with E-state index < -0.39 is 0 Å². The van der Waals surface area contributed by atoms with Crippen molar-refractivity contribution < 1.29 is 9.47 Å². The molecule has 0 amide bonds. The Kier molecular flexibility index (Phi) is 2.81. The van der Waals surface area contributed by atoms with Gasteiger partial charge in [0.15, 0.2) is 0 Å². The maximum Gasteiger partial charge on any atom is 0.132 e. The van der Waals surface area contributed by atoms with Crippen molar-refractivity contribution in [1.82, 2.24) is 5.32 Å². The first-order chi connectivity index (χ1) is 8.25. The molecule has 0 spiro atoms. The van der Waals surface area contributed by atoms with E-state index in [9.17, 15) is 0 Å². The molecule has 0 bridgehead atoms. The lowest BCUT2D eigenvalue weighted by atomic mass is 10.0. The molecule has 2 aliphatic rings. The molecule has 1 aromatic carbocycles. The first kappa shape index (κ1) is 11.1. The van der Waals surface area contributed by atoms with E-state index in [-0.39, 0.29) is 5.60 Å². The third-order valence-corrected chi connectivity index (χ3v) is 3.61. The van der Waals surface area contributed by atoms with Crippen molar-refractivity contribution in [3.05, 3.63) is 29.3 Å². The lowest BCUT2D eigenvalue weighted by Crippen LogP contribution is -2.32. The van der Waals surface area contributed by atoms with Gasteiger partial charge in [-0.3, -0.25) is 0 Å². The highest BCUT2D eigenvalue weighted by Crippen LogP contribution is 2.28. The SMILES string of the molecule is CC1(Oc2ccc3c(c2)CNCC3)CCOC1. The standard InChI is InChI=1S/C14H19NO2/c1-14(5-7-16-10-14)17-13-3-2-11-4-6-15-9-12(11)8-13/h2-3,8,15H,4-7,9-10H2,1H3. The number of nitrogens with one attached hydrogen (secondary N) is 1. The van der Waals surface area contributed by atoms with E-state index >= 15 is 0 Å². The zero-order valence-corrected chi connectivity index (χ0v) is 10.3. The summed E-state index contributed by atoms with van der Waals surface area (Å²) >= 11 is 0. The Balaban J connectivity index is 1.79. The van der Waals surface area contributed by atoms with E-state index in [0.717, 1.165) is 38.3 Å². The van der Waals surface area contributed by atoms with Crippen LogP contribution in [0.3, 0.4) is 0 Å². The van der Waals surface area contributed by atoms with Gasteiger partial charge in [0.1, 0.15) is 11.4 Å². The minimum absolute atomic E-state index is 0.143. The quantitative estimate of drug-likeness (QED) is 0.846. The number of benzene rings is 1. The van der Waals surface area contributed by atoms with Gasteiger partial charge >= 0.3 is 0 Å². The topological polar surface area (TPSA) is 30.5 Å². The number of fused-ring (bicyclic) bond motifs is 1. The normalized spacial score (nSPS) is 27.8. The van der Waals surface area contributed by atoms with E-state index in [1.165, 1.54) is 11.1 Å². The zero-order chi connectivity index (χ0) is 11.7. The largest absolute Gasteiger partial charge is 0.485 e. The third kappa shape index (κ3) is 2.31. The highest BCUT2D eigenvalue weighted by atomic mass is 16.6. The van der Waals surface area contributed by atoms with Crippen LogP contribution in [0.15, 0.2) is 18.2 Å². The molecule has 0 radical (unpaired) electrons. The molecule has 1 saturated heterocycles. The summed E-state index contributed by atoms with van der Waals surface area (Å²) in [5, 5.41) is 3.39. The first-order valence-corrected chi connectivity index (χ1v) is 6.34. The zero-order valence-electron chi connectivity index (χ0n) is 10.3. The molecular formula is C14H19NO2. The second-order valence-corrected chi connectivity index (χ2v) is 5.21. The molecule has 0 aromatic heterocycles. The number of ether oxygens (including phenoxy) is 2. The predicted molar refractivity (Wildman–Crippen MR) is 66.3 cm³/mol. The van der Waals surface area contributed by atoms with Gasteiger partial charge in [-0.15, -0.1) is 0 Å². The smallest absolute Gasteiger partial charge is 0.132 e. The van der Waals surface area contributed by atoms with E-state index in [2.05, 4.69) is 30.4 Å². The second-order valence-electron chi connectivity index (χ2n) is 5.21. The van der Waals surface area contributed by atoms with Crippen LogP contribution in [-0.4, -0.2) is 25.4 Å². The van der Waals surface area contributed by atoms with Crippen LogP contribution in [0.25, 0.3) is 0 Å². The molecule has 2 heterocycles. The Morgan fingerprint density at radius 1 is 1.35 bits per heavy atom.